The predicted octanol–water partition coefficient (Wildman–Crippen LogP) is 5.34. The van der Waals surface area contributed by atoms with E-state index in [2.05, 4.69) is 0 Å². The number of rotatable bonds is 3. The first kappa shape index (κ1) is 21.6. The van der Waals surface area contributed by atoms with Gasteiger partial charge in [-0.2, -0.15) is 0 Å². The van der Waals surface area contributed by atoms with Crippen LogP contribution in [-0.2, 0) is 14.3 Å². The highest BCUT2D eigenvalue weighted by Crippen LogP contribution is 2.32. The van der Waals surface area contributed by atoms with Crippen LogP contribution in [0.3, 0.4) is 0 Å². The van der Waals surface area contributed by atoms with Crippen LogP contribution in [0.15, 0.2) is 23.8 Å². The number of amides is 1. The van der Waals surface area contributed by atoms with Crippen LogP contribution < -0.4 is 0 Å². The Morgan fingerprint density at radius 3 is 2.48 bits per heavy atom. The van der Waals surface area contributed by atoms with E-state index in [-0.39, 0.29) is 19.1 Å². The quantitative estimate of drug-likeness (QED) is 0.627. The molecule has 2 rings (SSSR count). The van der Waals surface area contributed by atoms with Crippen molar-refractivity contribution in [2.75, 3.05) is 19.7 Å². The van der Waals surface area contributed by atoms with E-state index >= 15 is 0 Å². The third kappa shape index (κ3) is 5.88. The van der Waals surface area contributed by atoms with Gasteiger partial charge < -0.3 is 14.4 Å². The summed E-state index contributed by atoms with van der Waals surface area (Å²) in [5.41, 5.74) is 1.40. The molecule has 7 heteroatoms. The van der Waals surface area contributed by atoms with Crippen LogP contribution in [0.25, 0.3) is 5.57 Å². The number of halogens is 2. The lowest BCUT2D eigenvalue weighted by molar-refractivity contribution is -0.138. The third-order valence-electron chi connectivity index (χ3n) is 4.01. The van der Waals surface area contributed by atoms with Crippen molar-refractivity contribution in [2.24, 2.45) is 0 Å². The Labute approximate surface area is 170 Å². The highest BCUT2D eigenvalue weighted by molar-refractivity contribution is 6.42. The molecule has 1 aromatic rings. The molecule has 0 saturated heterocycles. The standard InChI is InChI=1S/C20H25Cl2NO4/c1-5-26-18(24)14-7-6-10-23(19(25)27-20(2,3)4)12-15(14)13-8-9-16(21)17(22)11-13/h8-9,11H,5-7,10,12H2,1-4H3. The fourth-order valence-electron chi connectivity index (χ4n) is 2.84. The summed E-state index contributed by atoms with van der Waals surface area (Å²) < 4.78 is 10.7. The first-order chi connectivity index (χ1) is 12.6. The molecule has 0 bridgehead atoms. The third-order valence-corrected chi connectivity index (χ3v) is 4.75. The maximum absolute atomic E-state index is 12.6. The van der Waals surface area contributed by atoms with Crippen LogP contribution in [0.1, 0.15) is 46.1 Å². The molecule has 0 saturated carbocycles. The van der Waals surface area contributed by atoms with Crippen LogP contribution in [-0.4, -0.2) is 42.3 Å². The molecule has 0 aliphatic carbocycles. The second kappa shape index (κ2) is 8.98. The number of ether oxygens (including phenoxy) is 2. The van der Waals surface area contributed by atoms with Gasteiger partial charge in [-0.15, -0.1) is 0 Å². The van der Waals surface area contributed by atoms with Gasteiger partial charge in [-0.1, -0.05) is 29.3 Å². The van der Waals surface area contributed by atoms with E-state index in [1.165, 1.54) is 0 Å². The van der Waals surface area contributed by atoms with Crippen molar-refractivity contribution in [3.05, 3.63) is 39.4 Å². The Bertz CT molecular complexity index is 753. The highest BCUT2D eigenvalue weighted by Gasteiger charge is 2.28. The molecular formula is C20H25Cl2NO4. The fourth-order valence-corrected chi connectivity index (χ4v) is 3.14. The SMILES string of the molecule is CCOC(=O)C1=C(c2ccc(Cl)c(Cl)c2)CN(C(=O)OC(C)(C)C)CCC1. The average Bonchev–Trinajstić information content (AvgIpc) is 2.79. The number of carbonyl (C=O) groups excluding carboxylic acids is 2. The van der Waals surface area contributed by atoms with E-state index in [4.69, 9.17) is 32.7 Å². The fraction of sp³-hybridized carbons (Fsp3) is 0.500. The Balaban J connectivity index is 2.44. The van der Waals surface area contributed by atoms with E-state index in [0.717, 1.165) is 5.56 Å². The Morgan fingerprint density at radius 1 is 1.19 bits per heavy atom. The maximum Gasteiger partial charge on any atom is 0.410 e. The number of esters is 1. The second-order valence-corrected chi connectivity index (χ2v) is 8.13. The monoisotopic (exact) mass is 413 g/mol. The van der Waals surface area contributed by atoms with Crippen LogP contribution in [0, 0.1) is 0 Å². The minimum Gasteiger partial charge on any atom is -0.463 e. The van der Waals surface area contributed by atoms with Gasteiger partial charge in [0.2, 0.25) is 0 Å². The number of nitrogens with zero attached hydrogens (tertiary/aromatic N) is 1. The molecule has 0 radical (unpaired) electrons. The summed E-state index contributed by atoms with van der Waals surface area (Å²) in [5.74, 6) is -0.371. The molecule has 27 heavy (non-hydrogen) atoms. The van der Waals surface area contributed by atoms with E-state index in [0.29, 0.717) is 40.6 Å². The lowest BCUT2D eigenvalue weighted by Gasteiger charge is -2.27. The number of hydrogen-bond donors (Lipinski definition) is 0. The molecule has 0 N–H and O–H groups in total. The molecule has 1 heterocycles. The van der Waals surface area contributed by atoms with E-state index in [9.17, 15) is 9.59 Å². The number of hydrogen-bond acceptors (Lipinski definition) is 4. The summed E-state index contributed by atoms with van der Waals surface area (Å²) in [5, 5.41) is 0.814. The molecule has 0 fully saturated rings. The summed E-state index contributed by atoms with van der Waals surface area (Å²) in [4.78, 5) is 26.7. The molecule has 1 aromatic carbocycles. The van der Waals surface area contributed by atoms with Crippen LogP contribution in [0.2, 0.25) is 10.0 Å². The molecule has 0 atom stereocenters. The van der Waals surface area contributed by atoms with Gasteiger partial charge in [0.25, 0.3) is 0 Å². The van der Waals surface area contributed by atoms with Crippen molar-refractivity contribution < 1.29 is 19.1 Å². The predicted molar refractivity (Wildman–Crippen MR) is 107 cm³/mol. The van der Waals surface area contributed by atoms with Crippen LogP contribution >= 0.6 is 23.2 Å². The van der Waals surface area contributed by atoms with Crippen molar-refractivity contribution in [3.63, 3.8) is 0 Å². The van der Waals surface area contributed by atoms with Gasteiger partial charge in [0, 0.05) is 12.1 Å². The van der Waals surface area contributed by atoms with Crippen molar-refractivity contribution in [1.29, 1.82) is 0 Å². The topological polar surface area (TPSA) is 55.8 Å². The number of benzene rings is 1. The van der Waals surface area contributed by atoms with Crippen LogP contribution in [0.4, 0.5) is 4.79 Å². The summed E-state index contributed by atoms with van der Waals surface area (Å²) >= 11 is 12.2. The normalized spacial score (nSPS) is 15.4. The summed E-state index contributed by atoms with van der Waals surface area (Å²) in [6.45, 7) is 8.24. The van der Waals surface area contributed by atoms with E-state index in [1.807, 2.05) is 20.8 Å². The van der Waals surface area contributed by atoms with Gasteiger partial charge >= 0.3 is 12.1 Å². The zero-order valence-electron chi connectivity index (χ0n) is 16.1. The Morgan fingerprint density at radius 2 is 1.89 bits per heavy atom. The molecule has 1 aliphatic rings. The summed E-state index contributed by atoms with van der Waals surface area (Å²) in [6, 6.07) is 5.18. The number of carbonyl (C=O) groups is 2. The van der Waals surface area contributed by atoms with Crippen molar-refractivity contribution >= 4 is 40.8 Å². The highest BCUT2D eigenvalue weighted by atomic mass is 35.5. The lowest BCUT2D eigenvalue weighted by atomic mass is 9.97. The van der Waals surface area contributed by atoms with Crippen molar-refractivity contribution in [3.8, 4) is 0 Å². The van der Waals surface area contributed by atoms with Gasteiger partial charge in [0.15, 0.2) is 0 Å². The smallest absolute Gasteiger partial charge is 0.410 e. The van der Waals surface area contributed by atoms with Gasteiger partial charge in [-0.05, 0) is 63.8 Å². The van der Waals surface area contributed by atoms with E-state index < -0.39 is 11.7 Å². The van der Waals surface area contributed by atoms with Crippen molar-refractivity contribution in [1.82, 2.24) is 4.90 Å². The zero-order valence-corrected chi connectivity index (χ0v) is 17.6. The van der Waals surface area contributed by atoms with Gasteiger partial charge in [-0.25, -0.2) is 9.59 Å². The molecule has 0 unspecified atom stereocenters. The molecule has 1 amide bonds. The Hall–Kier alpha value is -1.72. The van der Waals surface area contributed by atoms with Gasteiger partial charge in [-0.3, -0.25) is 0 Å². The van der Waals surface area contributed by atoms with Crippen LogP contribution in [0.5, 0.6) is 0 Å². The molecule has 0 spiro atoms. The molecule has 0 aromatic heterocycles. The second-order valence-electron chi connectivity index (χ2n) is 7.31. The zero-order chi connectivity index (χ0) is 20.2. The molecule has 5 nitrogen and oxygen atoms in total. The van der Waals surface area contributed by atoms with Gasteiger partial charge in [0.1, 0.15) is 5.60 Å². The summed E-state index contributed by atoms with van der Waals surface area (Å²) in [7, 11) is 0. The largest absolute Gasteiger partial charge is 0.463 e. The summed E-state index contributed by atoms with van der Waals surface area (Å²) in [6.07, 6.45) is 0.733. The lowest BCUT2D eigenvalue weighted by Crippen LogP contribution is -2.37. The Kier molecular flexibility index (Phi) is 7.18. The molecule has 148 valence electrons. The first-order valence-electron chi connectivity index (χ1n) is 8.95. The van der Waals surface area contributed by atoms with Gasteiger partial charge in [0.05, 0.1) is 23.2 Å². The van der Waals surface area contributed by atoms with Crippen molar-refractivity contribution in [2.45, 2.75) is 46.1 Å². The average molecular weight is 414 g/mol. The first-order valence-corrected chi connectivity index (χ1v) is 9.70. The molecule has 1 aliphatic heterocycles. The van der Waals surface area contributed by atoms with E-state index in [1.54, 1.807) is 30.0 Å². The molecular weight excluding hydrogens is 389 g/mol. The maximum atomic E-state index is 12.6. The minimum absolute atomic E-state index is 0.237. The minimum atomic E-state index is -0.596.